The quantitative estimate of drug-likeness (QED) is 0.643. The van der Waals surface area contributed by atoms with Gasteiger partial charge in [-0.15, -0.1) is 0 Å². The first-order chi connectivity index (χ1) is 14.1. The molecule has 3 aromatic rings. The van der Waals surface area contributed by atoms with Crippen molar-refractivity contribution in [1.82, 2.24) is 19.9 Å². The minimum absolute atomic E-state index is 0.0825. The monoisotopic (exact) mass is 389 g/mol. The van der Waals surface area contributed by atoms with Crippen LogP contribution in [0, 0.1) is 30.1 Å². The van der Waals surface area contributed by atoms with Gasteiger partial charge in [-0.2, -0.15) is 0 Å². The van der Waals surface area contributed by atoms with Gasteiger partial charge < -0.3 is 10.7 Å². The molecule has 1 aromatic carbocycles. The number of benzene rings is 1. The number of carbonyl (C=O) groups excluding carboxylic acids is 1. The van der Waals surface area contributed by atoms with Crippen LogP contribution in [0.1, 0.15) is 42.1 Å². The molecule has 1 amide bonds. The number of hydrogen-bond acceptors (Lipinski definition) is 4. The number of nitrogens with one attached hydrogen (secondary N) is 2. The highest BCUT2D eigenvalue weighted by Gasteiger charge is 2.28. The van der Waals surface area contributed by atoms with Gasteiger partial charge >= 0.3 is 0 Å². The van der Waals surface area contributed by atoms with Crippen molar-refractivity contribution >= 4 is 23.0 Å². The lowest BCUT2D eigenvalue weighted by atomic mass is 9.75. The Morgan fingerprint density at radius 2 is 2.07 bits per heavy atom. The van der Waals surface area contributed by atoms with Crippen LogP contribution in [0.2, 0.25) is 0 Å². The molecule has 3 unspecified atom stereocenters. The summed E-state index contributed by atoms with van der Waals surface area (Å²) in [5.41, 5.74) is 2.61. The third kappa shape index (κ3) is 3.79. The molecule has 6 heteroatoms. The summed E-state index contributed by atoms with van der Waals surface area (Å²) >= 11 is 0. The third-order valence-corrected chi connectivity index (χ3v) is 6.09. The van der Waals surface area contributed by atoms with Crippen molar-refractivity contribution in [2.24, 2.45) is 17.8 Å². The number of carbonyl (C=O) groups is 1. The number of fused-ring (bicyclic) bond motifs is 1. The molecule has 1 aliphatic rings. The molecule has 4 rings (SSSR count). The summed E-state index contributed by atoms with van der Waals surface area (Å²) in [7, 11) is 0. The molecule has 2 aromatic heterocycles. The SMILES string of the molecule is Cc1cccc2c1c(C(=O)NCC1CC(C)CCC1C=N)cn2-c1ncccn1. The molecule has 0 bridgehead atoms. The van der Waals surface area contributed by atoms with Gasteiger partial charge in [0, 0.05) is 30.5 Å². The minimum Gasteiger partial charge on any atom is -0.352 e. The first-order valence-corrected chi connectivity index (χ1v) is 10.2. The van der Waals surface area contributed by atoms with E-state index in [1.807, 2.05) is 35.9 Å². The lowest BCUT2D eigenvalue weighted by Crippen LogP contribution is -2.36. The topological polar surface area (TPSA) is 83.7 Å². The molecule has 3 atom stereocenters. The number of amides is 1. The summed E-state index contributed by atoms with van der Waals surface area (Å²) in [6.07, 6.45) is 10.0. The molecule has 0 aliphatic heterocycles. The maximum Gasteiger partial charge on any atom is 0.253 e. The van der Waals surface area contributed by atoms with E-state index in [9.17, 15) is 4.79 Å². The van der Waals surface area contributed by atoms with Gasteiger partial charge in [0.2, 0.25) is 5.95 Å². The van der Waals surface area contributed by atoms with E-state index in [-0.39, 0.29) is 11.8 Å². The zero-order valence-corrected chi connectivity index (χ0v) is 16.9. The van der Waals surface area contributed by atoms with Crippen LogP contribution in [0.25, 0.3) is 16.9 Å². The van der Waals surface area contributed by atoms with Gasteiger partial charge in [-0.25, -0.2) is 9.97 Å². The fraction of sp³-hybridized carbons (Fsp3) is 0.391. The van der Waals surface area contributed by atoms with Crippen molar-refractivity contribution in [2.45, 2.75) is 33.1 Å². The summed E-state index contributed by atoms with van der Waals surface area (Å²) in [6.45, 7) is 4.87. The molecule has 6 nitrogen and oxygen atoms in total. The van der Waals surface area contributed by atoms with E-state index < -0.39 is 0 Å². The van der Waals surface area contributed by atoms with Gasteiger partial charge in [-0.1, -0.05) is 25.5 Å². The molecular weight excluding hydrogens is 362 g/mol. The second kappa shape index (κ2) is 8.15. The van der Waals surface area contributed by atoms with Gasteiger partial charge in [0.15, 0.2) is 0 Å². The van der Waals surface area contributed by atoms with Crippen LogP contribution in [-0.4, -0.2) is 33.2 Å². The lowest BCUT2D eigenvalue weighted by molar-refractivity contribution is 0.0937. The van der Waals surface area contributed by atoms with Crippen LogP contribution >= 0.6 is 0 Å². The molecule has 0 radical (unpaired) electrons. The molecule has 1 fully saturated rings. The van der Waals surface area contributed by atoms with Gasteiger partial charge in [0.25, 0.3) is 5.91 Å². The van der Waals surface area contributed by atoms with E-state index in [0.29, 0.717) is 29.9 Å². The zero-order valence-electron chi connectivity index (χ0n) is 16.9. The average molecular weight is 390 g/mol. The second-order valence-electron chi connectivity index (χ2n) is 8.15. The summed E-state index contributed by atoms with van der Waals surface area (Å²) in [6, 6.07) is 7.77. The summed E-state index contributed by atoms with van der Waals surface area (Å²) in [5, 5.41) is 11.8. The van der Waals surface area contributed by atoms with Crippen molar-refractivity contribution in [3.63, 3.8) is 0 Å². The standard InChI is InChI=1S/C23H27N5O/c1-15-7-8-17(12-24)18(11-15)13-27-22(29)19-14-28(23-25-9-4-10-26-23)20-6-3-5-16(2)21(19)20/h3-6,9-10,12,14-15,17-18,24H,7-8,11,13H2,1-2H3,(H,27,29). The van der Waals surface area contributed by atoms with E-state index in [1.165, 1.54) is 0 Å². The van der Waals surface area contributed by atoms with E-state index in [2.05, 4.69) is 22.2 Å². The summed E-state index contributed by atoms with van der Waals surface area (Å²) in [5.74, 6) is 1.69. The first kappa shape index (κ1) is 19.3. The number of aryl methyl sites for hydroxylation is 1. The van der Waals surface area contributed by atoms with Crippen molar-refractivity contribution in [1.29, 1.82) is 5.41 Å². The highest BCUT2D eigenvalue weighted by Crippen LogP contribution is 2.32. The Morgan fingerprint density at radius 1 is 1.28 bits per heavy atom. The fourth-order valence-electron chi connectivity index (χ4n) is 4.52. The molecule has 29 heavy (non-hydrogen) atoms. The molecule has 1 saturated carbocycles. The second-order valence-corrected chi connectivity index (χ2v) is 8.15. The minimum atomic E-state index is -0.0825. The molecule has 150 valence electrons. The highest BCUT2D eigenvalue weighted by molar-refractivity contribution is 6.08. The Morgan fingerprint density at radius 3 is 2.83 bits per heavy atom. The van der Waals surface area contributed by atoms with Gasteiger partial charge in [-0.3, -0.25) is 9.36 Å². The molecular formula is C23H27N5O. The average Bonchev–Trinajstić information content (AvgIpc) is 3.14. The van der Waals surface area contributed by atoms with Gasteiger partial charge in [0.05, 0.1) is 11.1 Å². The first-order valence-electron chi connectivity index (χ1n) is 10.2. The Labute approximate surface area is 170 Å². The van der Waals surface area contributed by atoms with Crippen molar-refractivity contribution in [3.8, 4) is 5.95 Å². The number of aromatic nitrogens is 3. The third-order valence-electron chi connectivity index (χ3n) is 6.09. The van der Waals surface area contributed by atoms with Gasteiger partial charge in [-0.05, 0) is 61.4 Å². The molecule has 0 saturated heterocycles. The number of nitrogens with zero attached hydrogens (tertiary/aromatic N) is 3. The maximum absolute atomic E-state index is 13.2. The van der Waals surface area contributed by atoms with Crippen LogP contribution in [0.3, 0.4) is 0 Å². The fourth-order valence-corrected chi connectivity index (χ4v) is 4.52. The molecule has 2 heterocycles. The molecule has 2 N–H and O–H groups in total. The van der Waals surface area contributed by atoms with E-state index >= 15 is 0 Å². The summed E-state index contributed by atoms with van der Waals surface area (Å²) < 4.78 is 1.88. The largest absolute Gasteiger partial charge is 0.352 e. The van der Waals surface area contributed by atoms with Crippen molar-refractivity contribution in [2.75, 3.05) is 6.54 Å². The zero-order chi connectivity index (χ0) is 20.4. The maximum atomic E-state index is 13.2. The van der Waals surface area contributed by atoms with Crippen LogP contribution in [0.15, 0.2) is 42.9 Å². The Balaban J connectivity index is 1.63. The van der Waals surface area contributed by atoms with Crippen LogP contribution < -0.4 is 5.32 Å². The predicted octanol–water partition coefficient (Wildman–Crippen LogP) is 4.16. The number of rotatable bonds is 5. The Kier molecular flexibility index (Phi) is 5.43. The van der Waals surface area contributed by atoms with Crippen LogP contribution in [0.5, 0.6) is 0 Å². The van der Waals surface area contributed by atoms with Crippen molar-refractivity contribution in [3.05, 3.63) is 54.0 Å². The normalized spacial score (nSPS) is 21.8. The van der Waals surface area contributed by atoms with E-state index in [0.717, 1.165) is 35.7 Å². The van der Waals surface area contributed by atoms with Crippen LogP contribution in [-0.2, 0) is 0 Å². The van der Waals surface area contributed by atoms with Crippen LogP contribution in [0.4, 0.5) is 0 Å². The number of hydrogen-bond donors (Lipinski definition) is 2. The Hall–Kier alpha value is -3.02. The van der Waals surface area contributed by atoms with E-state index in [4.69, 9.17) is 5.41 Å². The van der Waals surface area contributed by atoms with Crippen molar-refractivity contribution < 1.29 is 4.79 Å². The predicted molar refractivity (Wildman–Crippen MR) is 115 cm³/mol. The Bertz CT molecular complexity index is 1030. The molecule has 0 spiro atoms. The smallest absolute Gasteiger partial charge is 0.253 e. The van der Waals surface area contributed by atoms with E-state index in [1.54, 1.807) is 24.7 Å². The molecule has 1 aliphatic carbocycles. The summed E-state index contributed by atoms with van der Waals surface area (Å²) in [4.78, 5) is 21.8. The lowest BCUT2D eigenvalue weighted by Gasteiger charge is -2.32. The highest BCUT2D eigenvalue weighted by atomic mass is 16.1. The van der Waals surface area contributed by atoms with Gasteiger partial charge in [0.1, 0.15) is 0 Å².